The molecule has 0 aliphatic heterocycles. The Balaban J connectivity index is 2.11. The first-order valence-corrected chi connectivity index (χ1v) is 6.43. The normalized spacial score (nSPS) is 10.1. The summed E-state index contributed by atoms with van der Waals surface area (Å²) in [5.41, 5.74) is 6.92. The summed E-state index contributed by atoms with van der Waals surface area (Å²) in [7, 11) is 0. The van der Waals surface area contributed by atoms with Gasteiger partial charge in [0.05, 0.1) is 0 Å². The molecule has 0 fully saturated rings. The predicted octanol–water partition coefficient (Wildman–Crippen LogP) is 1.94. The number of aromatic nitrogens is 2. The molecule has 1 aromatic heterocycles. The first-order valence-electron chi connectivity index (χ1n) is 6.43. The smallest absolute Gasteiger partial charge is 0.251 e. The van der Waals surface area contributed by atoms with Crippen molar-refractivity contribution in [2.24, 2.45) is 0 Å². The van der Waals surface area contributed by atoms with Gasteiger partial charge in [0.2, 0.25) is 5.95 Å². The van der Waals surface area contributed by atoms with Gasteiger partial charge in [-0.3, -0.25) is 4.79 Å². The molecule has 0 bridgehead atoms. The van der Waals surface area contributed by atoms with E-state index in [-0.39, 0.29) is 5.91 Å². The zero-order valence-electron chi connectivity index (χ0n) is 11.3. The zero-order valence-corrected chi connectivity index (χ0v) is 11.3. The molecule has 0 saturated carbocycles. The van der Waals surface area contributed by atoms with E-state index in [0.29, 0.717) is 23.9 Å². The molecule has 0 atom stereocenters. The number of amides is 1. The van der Waals surface area contributed by atoms with Crippen LogP contribution in [0.1, 0.15) is 23.7 Å². The summed E-state index contributed by atoms with van der Waals surface area (Å²) in [5.74, 6) is 0.694. The Morgan fingerprint density at radius 2 is 2.20 bits per heavy atom. The number of rotatable bonds is 5. The van der Waals surface area contributed by atoms with Gasteiger partial charge in [0.25, 0.3) is 5.91 Å². The number of hydrogen-bond donors (Lipinski definition) is 3. The third-order valence-corrected chi connectivity index (χ3v) is 2.59. The lowest BCUT2D eigenvalue weighted by Crippen LogP contribution is -2.23. The van der Waals surface area contributed by atoms with Crippen molar-refractivity contribution in [1.29, 1.82) is 0 Å². The monoisotopic (exact) mass is 271 g/mol. The van der Waals surface area contributed by atoms with Gasteiger partial charge in [-0.05, 0) is 30.7 Å². The molecular formula is C14H17N5O. The van der Waals surface area contributed by atoms with E-state index < -0.39 is 0 Å². The van der Waals surface area contributed by atoms with Crippen LogP contribution in [0.15, 0.2) is 36.5 Å². The van der Waals surface area contributed by atoms with E-state index in [2.05, 4.69) is 20.6 Å². The molecule has 2 rings (SSSR count). The van der Waals surface area contributed by atoms with Gasteiger partial charge >= 0.3 is 0 Å². The number of benzene rings is 1. The van der Waals surface area contributed by atoms with Gasteiger partial charge in [0.15, 0.2) is 0 Å². The molecule has 0 spiro atoms. The van der Waals surface area contributed by atoms with E-state index in [0.717, 1.165) is 12.1 Å². The first kappa shape index (κ1) is 13.8. The van der Waals surface area contributed by atoms with Crippen molar-refractivity contribution in [2.45, 2.75) is 13.3 Å². The molecule has 0 radical (unpaired) electrons. The van der Waals surface area contributed by atoms with E-state index >= 15 is 0 Å². The Morgan fingerprint density at radius 3 is 2.95 bits per heavy atom. The van der Waals surface area contributed by atoms with E-state index in [1.165, 1.54) is 0 Å². The summed E-state index contributed by atoms with van der Waals surface area (Å²) in [5, 5.41) is 5.84. The lowest BCUT2D eigenvalue weighted by Gasteiger charge is -2.07. The van der Waals surface area contributed by atoms with Crippen LogP contribution in [-0.2, 0) is 0 Å². The summed E-state index contributed by atoms with van der Waals surface area (Å²) in [6.07, 6.45) is 2.48. The molecule has 6 heteroatoms. The maximum atomic E-state index is 11.9. The number of nitrogens with two attached hydrogens (primary N) is 1. The quantitative estimate of drug-likeness (QED) is 0.772. The van der Waals surface area contributed by atoms with Gasteiger partial charge < -0.3 is 16.4 Å². The maximum absolute atomic E-state index is 11.9. The number of nitrogens with zero attached hydrogens (tertiary/aromatic N) is 2. The Morgan fingerprint density at radius 1 is 1.35 bits per heavy atom. The topological polar surface area (TPSA) is 92.9 Å². The second-order valence-corrected chi connectivity index (χ2v) is 4.27. The molecule has 0 aliphatic carbocycles. The average molecular weight is 271 g/mol. The SMILES string of the molecule is CCCNC(=O)c1cccc(Nc2nccc(N)n2)c1. The Hall–Kier alpha value is -2.63. The van der Waals surface area contributed by atoms with Crippen LogP contribution >= 0.6 is 0 Å². The van der Waals surface area contributed by atoms with Gasteiger partial charge in [0.1, 0.15) is 5.82 Å². The molecular weight excluding hydrogens is 254 g/mol. The molecule has 0 unspecified atom stereocenters. The number of carbonyl (C=O) groups is 1. The highest BCUT2D eigenvalue weighted by molar-refractivity contribution is 5.95. The summed E-state index contributed by atoms with van der Waals surface area (Å²) >= 11 is 0. The minimum absolute atomic E-state index is 0.0935. The van der Waals surface area contributed by atoms with Crippen LogP contribution in [0, 0.1) is 0 Å². The number of nitrogens with one attached hydrogen (secondary N) is 2. The lowest BCUT2D eigenvalue weighted by molar-refractivity contribution is 0.0953. The standard InChI is InChI=1S/C14H17N5O/c1-2-7-16-13(20)10-4-3-5-11(9-10)18-14-17-8-6-12(15)19-14/h3-6,8-9H,2,7H2,1H3,(H,16,20)(H3,15,17,18,19). The summed E-state index contributed by atoms with van der Waals surface area (Å²) in [6.45, 7) is 2.67. The third-order valence-electron chi connectivity index (χ3n) is 2.59. The number of nitrogen functional groups attached to an aromatic ring is 1. The molecule has 1 heterocycles. The van der Waals surface area contributed by atoms with Crippen LogP contribution < -0.4 is 16.4 Å². The predicted molar refractivity (Wildman–Crippen MR) is 78.8 cm³/mol. The van der Waals surface area contributed by atoms with Crippen molar-refractivity contribution in [3.8, 4) is 0 Å². The molecule has 6 nitrogen and oxygen atoms in total. The van der Waals surface area contributed by atoms with Crippen molar-refractivity contribution in [1.82, 2.24) is 15.3 Å². The maximum Gasteiger partial charge on any atom is 0.251 e. The molecule has 104 valence electrons. The van der Waals surface area contributed by atoms with Crippen LogP contribution in [0.25, 0.3) is 0 Å². The van der Waals surface area contributed by atoms with Gasteiger partial charge in [-0.2, -0.15) is 4.98 Å². The Kier molecular flexibility index (Phi) is 4.49. The van der Waals surface area contributed by atoms with E-state index in [1.54, 1.807) is 30.5 Å². The van der Waals surface area contributed by atoms with E-state index in [1.807, 2.05) is 13.0 Å². The summed E-state index contributed by atoms with van der Waals surface area (Å²) < 4.78 is 0. The second kappa shape index (κ2) is 6.51. The highest BCUT2D eigenvalue weighted by Crippen LogP contribution is 2.15. The van der Waals surface area contributed by atoms with Crippen molar-refractivity contribution in [3.63, 3.8) is 0 Å². The molecule has 2 aromatic rings. The largest absolute Gasteiger partial charge is 0.384 e. The van der Waals surface area contributed by atoms with Crippen molar-refractivity contribution in [2.75, 3.05) is 17.6 Å². The lowest BCUT2D eigenvalue weighted by atomic mass is 10.2. The third kappa shape index (κ3) is 3.68. The minimum atomic E-state index is -0.0935. The average Bonchev–Trinajstić information content (AvgIpc) is 2.45. The van der Waals surface area contributed by atoms with E-state index in [4.69, 9.17) is 5.73 Å². The summed E-state index contributed by atoms with van der Waals surface area (Å²) in [4.78, 5) is 20.0. The number of anilines is 3. The Bertz CT molecular complexity index is 600. The second-order valence-electron chi connectivity index (χ2n) is 4.27. The van der Waals surface area contributed by atoms with E-state index in [9.17, 15) is 4.79 Å². The van der Waals surface area contributed by atoms with Crippen LogP contribution in [0.4, 0.5) is 17.5 Å². The van der Waals surface area contributed by atoms with Crippen LogP contribution in [-0.4, -0.2) is 22.4 Å². The molecule has 4 N–H and O–H groups in total. The molecule has 1 amide bonds. The molecule has 0 aliphatic rings. The minimum Gasteiger partial charge on any atom is -0.384 e. The fourth-order valence-electron chi connectivity index (χ4n) is 1.64. The highest BCUT2D eigenvalue weighted by atomic mass is 16.1. The molecule has 20 heavy (non-hydrogen) atoms. The molecule has 1 aromatic carbocycles. The van der Waals surface area contributed by atoms with Gasteiger partial charge in [0, 0.05) is 24.0 Å². The molecule has 0 saturated heterocycles. The number of hydrogen-bond acceptors (Lipinski definition) is 5. The van der Waals surface area contributed by atoms with Crippen LogP contribution in [0.3, 0.4) is 0 Å². The van der Waals surface area contributed by atoms with Crippen LogP contribution in [0.2, 0.25) is 0 Å². The van der Waals surface area contributed by atoms with Crippen molar-refractivity contribution >= 4 is 23.4 Å². The van der Waals surface area contributed by atoms with Gasteiger partial charge in [-0.25, -0.2) is 4.98 Å². The van der Waals surface area contributed by atoms with Crippen molar-refractivity contribution < 1.29 is 4.79 Å². The van der Waals surface area contributed by atoms with Gasteiger partial charge in [-0.15, -0.1) is 0 Å². The Labute approximate surface area is 117 Å². The summed E-state index contributed by atoms with van der Waals surface area (Å²) in [6, 6.07) is 8.76. The zero-order chi connectivity index (χ0) is 14.4. The van der Waals surface area contributed by atoms with Crippen molar-refractivity contribution in [3.05, 3.63) is 42.1 Å². The highest BCUT2D eigenvalue weighted by Gasteiger charge is 2.06. The van der Waals surface area contributed by atoms with Crippen LogP contribution in [0.5, 0.6) is 0 Å². The van der Waals surface area contributed by atoms with Gasteiger partial charge in [-0.1, -0.05) is 13.0 Å². The fourth-order valence-corrected chi connectivity index (χ4v) is 1.64. The fraction of sp³-hybridized carbons (Fsp3) is 0.214. The first-order chi connectivity index (χ1) is 9.69. The number of carbonyl (C=O) groups excluding carboxylic acids is 1.